The summed E-state index contributed by atoms with van der Waals surface area (Å²) in [5.41, 5.74) is 2.93. The molecule has 3 N–H and O–H groups in total. The molecular formula is C24H18ClFN4O2S. The Balaban J connectivity index is 1.38. The summed E-state index contributed by atoms with van der Waals surface area (Å²) in [6, 6.07) is 17.0. The van der Waals surface area contributed by atoms with Gasteiger partial charge in [0.05, 0.1) is 23.7 Å². The van der Waals surface area contributed by atoms with Gasteiger partial charge in [-0.3, -0.25) is 4.79 Å². The third-order valence-electron chi connectivity index (χ3n) is 5.38. The molecule has 5 rings (SSSR count). The molecule has 6 nitrogen and oxygen atoms in total. The lowest BCUT2D eigenvalue weighted by Gasteiger charge is -2.30. The highest BCUT2D eigenvalue weighted by Crippen LogP contribution is 2.39. The van der Waals surface area contributed by atoms with Crippen molar-refractivity contribution in [2.75, 3.05) is 21.3 Å². The third kappa shape index (κ3) is 4.27. The number of anilines is 3. The van der Waals surface area contributed by atoms with Crippen LogP contribution < -0.4 is 15.5 Å². The molecule has 0 saturated carbocycles. The van der Waals surface area contributed by atoms with E-state index in [0.29, 0.717) is 17.1 Å². The number of hydrogen-bond donors (Lipinski definition) is 3. The maximum absolute atomic E-state index is 14.4. The van der Waals surface area contributed by atoms with Crippen LogP contribution >= 0.6 is 23.4 Å². The van der Waals surface area contributed by atoms with Gasteiger partial charge in [0.1, 0.15) is 5.82 Å². The SMILES string of the molecule is O=C(Nc1ccc2c(c1)N(Cc1c(F)cccc1Cl)C(=O)CS2)Nc1c[nH]c2ccccc12. The van der Waals surface area contributed by atoms with Gasteiger partial charge >= 0.3 is 6.03 Å². The summed E-state index contributed by atoms with van der Waals surface area (Å²) in [5, 5.41) is 6.80. The molecule has 0 saturated heterocycles. The van der Waals surface area contributed by atoms with Crippen LogP contribution in [0.25, 0.3) is 10.9 Å². The number of urea groups is 1. The molecule has 1 aliphatic heterocycles. The minimum absolute atomic E-state index is 0.00287. The van der Waals surface area contributed by atoms with Gasteiger partial charge in [-0.05, 0) is 36.4 Å². The van der Waals surface area contributed by atoms with Crippen LogP contribution in [0.4, 0.5) is 26.2 Å². The Labute approximate surface area is 198 Å². The largest absolute Gasteiger partial charge is 0.359 e. The minimum atomic E-state index is -0.470. The van der Waals surface area contributed by atoms with Crippen LogP contribution in [0.15, 0.2) is 71.8 Å². The lowest BCUT2D eigenvalue weighted by molar-refractivity contribution is -0.116. The molecular weight excluding hydrogens is 463 g/mol. The number of halogens is 2. The van der Waals surface area contributed by atoms with Gasteiger partial charge in [0.2, 0.25) is 5.91 Å². The van der Waals surface area contributed by atoms with E-state index in [1.54, 1.807) is 24.4 Å². The fourth-order valence-corrected chi connectivity index (χ4v) is 4.89. The Kier molecular flexibility index (Phi) is 5.70. The zero-order chi connectivity index (χ0) is 22.9. The van der Waals surface area contributed by atoms with Crippen LogP contribution in [-0.2, 0) is 11.3 Å². The number of aromatic amines is 1. The zero-order valence-electron chi connectivity index (χ0n) is 17.2. The van der Waals surface area contributed by atoms with Crippen molar-refractivity contribution in [1.29, 1.82) is 0 Å². The maximum atomic E-state index is 14.4. The maximum Gasteiger partial charge on any atom is 0.323 e. The molecule has 0 atom stereocenters. The van der Waals surface area contributed by atoms with Crippen molar-refractivity contribution in [3.05, 3.63) is 83.3 Å². The topological polar surface area (TPSA) is 77.2 Å². The number of H-pyrrole nitrogens is 1. The summed E-state index contributed by atoms with van der Waals surface area (Å²) >= 11 is 7.58. The molecule has 1 aliphatic rings. The van der Waals surface area contributed by atoms with Crippen LogP contribution in [0.3, 0.4) is 0 Å². The number of amides is 3. The van der Waals surface area contributed by atoms with Crippen molar-refractivity contribution in [3.63, 3.8) is 0 Å². The Morgan fingerprint density at radius 1 is 1.12 bits per heavy atom. The number of nitrogens with one attached hydrogen (secondary N) is 3. The van der Waals surface area contributed by atoms with Crippen molar-refractivity contribution in [2.24, 2.45) is 0 Å². The molecule has 0 bridgehead atoms. The van der Waals surface area contributed by atoms with Gasteiger partial charge in [-0.2, -0.15) is 0 Å². The van der Waals surface area contributed by atoms with E-state index >= 15 is 0 Å². The van der Waals surface area contributed by atoms with E-state index in [2.05, 4.69) is 15.6 Å². The number of carbonyl (C=O) groups is 2. The fourth-order valence-electron chi connectivity index (χ4n) is 3.75. The number of nitrogens with zero attached hydrogens (tertiary/aromatic N) is 1. The molecule has 4 aromatic rings. The number of rotatable bonds is 4. The zero-order valence-corrected chi connectivity index (χ0v) is 18.8. The van der Waals surface area contributed by atoms with Crippen LogP contribution in [-0.4, -0.2) is 22.7 Å². The van der Waals surface area contributed by atoms with Crippen LogP contribution in [0.1, 0.15) is 5.56 Å². The smallest absolute Gasteiger partial charge is 0.323 e. The van der Waals surface area contributed by atoms with Crippen molar-refractivity contribution in [1.82, 2.24) is 4.98 Å². The van der Waals surface area contributed by atoms with Crippen molar-refractivity contribution >= 4 is 63.3 Å². The molecule has 1 aromatic heterocycles. The quantitative estimate of drug-likeness (QED) is 0.323. The second-order valence-corrected chi connectivity index (χ2v) is 8.90. The van der Waals surface area contributed by atoms with E-state index < -0.39 is 11.8 Å². The molecule has 0 spiro atoms. The summed E-state index contributed by atoms with van der Waals surface area (Å²) in [6.07, 6.45) is 1.73. The van der Waals surface area contributed by atoms with Gasteiger partial charge in [-0.15, -0.1) is 11.8 Å². The van der Waals surface area contributed by atoms with Crippen LogP contribution in [0.2, 0.25) is 5.02 Å². The van der Waals surface area contributed by atoms with Gasteiger partial charge < -0.3 is 20.5 Å². The van der Waals surface area contributed by atoms with E-state index in [1.807, 2.05) is 30.3 Å². The molecule has 3 amide bonds. The summed E-state index contributed by atoms with van der Waals surface area (Å²) in [5.74, 6) is -0.387. The van der Waals surface area contributed by atoms with E-state index in [0.717, 1.165) is 15.8 Å². The first-order chi connectivity index (χ1) is 16.0. The van der Waals surface area contributed by atoms with E-state index in [4.69, 9.17) is 11.6 Å². The van der Waals surface area contributed by atoms with E-state index in [-0.39, 0.29) is 28.8 Å². The lowest BCUT2D eigenvalue weighted by atomic mass is 10.1. The molecule has 3 aromatic carbocycles. The lowest BCUT2D eigenvalue weighted by Crippen LogP contribution is -2.35. The van der Waals surface area contributed by atoms with Crippen LogP contribution in [0, 0.1) is 5.82 Å². The number of para-hydroxylation sites is 1. The number of thioether (sulfide) groups is 1. The molecule has 33 heavy (non-hydrogen) atoms. The second kappa shape index (κ2) is 8.80. The van der Waals surface area contributed by atoms with Gasteiger partial charge in [0.25, 0.3) is 0 Å². The first-order valence-corrected chi connectivity index (χ1v) is 11.5. The van der Waals surface area contributed by atoms with Gasteiger partial charge in [0, 0.05) is 38.3 Å². The fraction of sp³-hybridized carbons (Fsp3) is 0.0833. The molecule has 0 aliphatic carbocycles. The summed E-state index contributed by atoms with van der Waals surface area (Å²) in [4.78, 5) is 30.8. The molecule has 0 fully saturated rings. The number of aromatic nitrogens is 1. The second-order valence-electron chi connectivity index (χ2n) is 7.48. The summed E-state index contributed by atoms with van der Waals surface area (Å²) < 4.78 is 14.4. The molecule has 9 heteroatoms. The highest BCUT2D eigenvalue weighted by Gasteiger charge is 2.27. The predicted octanol–water partition coefficient (Wildman–Crippen LogP) is 6.24. The Bertz CT molecular complexity index is 1370. The Morgan fingerprint density at radius 3 is 2.82 bits per heavy atom. The normalized spacial score (nSPS) is 13.2. The first-order valence-electron chi connectivity index (χ1n) is 10.1. The predicted molar refractivity (Wildman–Crippen MR) is 131 cm³/mol. The van der Waals surface area contributed by atoms with E-state index in [1.165, 1.54) is 28.8 Å². The number of benzene rings is 3. The van der Waals surface area contributed by atoms with Gasteiger partial charge in [-0.1, -0.05) is 35.9 Å². The number of carbonyl (C=O) groups excluding carboxylic acids is 2. The van der Waals surface area contributed by atoms with Crippen LogP contribution in [0.5, 0.6) is 0 Å². The van der Waals surface area contributed by atoms with Crippen molar-refractivity contribution in [3.8, 4) is 0 Å². The summed E-state index contributed by atoms with van der Waals surface area (Å²) in [7, 11) is 0. The molecule has 2 heterocycles. The molecule has 0 radical (unpaired) electrons. The molecule has 166 valence electrons. The molecule has 0 unspecified atom stereocenters. The monoisotopic (exact) mass is 480 g/mol. The minimum Gasteiger partial charge on any atom is -0.359 e. The average Bonchev–Trinajstić information content (AvgIpc) is 3.20. The first kappa shape index (κ1) is 21.4. The highest BCUT2D eigenvalue weighted by atomic mass is 35.5. The number of hydrogen-bond acceptors (Lipinski definition) is 3. The third-order valence-corrected chi connectivity index (χ3v) is 6.78. The highest BCUT2D eigenvalue weighted by molar-refractivity contribution is 8.00. The summed E-state index contributed by atoms with van der Waals surface area (Å²) in [6.45, 7) is 0.00287. The number of fused-ring (bicyclic) bond motifs is 2. The van der Waals surface area contributed by atoms with Crippen molar-refractivity contribution in [2.45, 2.75) is 11.4 Å². The Morgan fingerprint density at radius 2 is 1.97 bits per heavy atom. The standard InChI is InChI=1S/C24H18ClFN4O2S/c25-17-5-3-6-18(26)16(17)12-30-21-10-14(8-9-22(21)33-13-23(30)31)28-24(32)29-20-11-27-19-7-2-1-4-15(19)20/h1-11,27H,12-13H2,(H2,28,29,32). The van der Waals surface area contributed by atoms with E-state index in [9.17, 15) is 14.0 Å². The van der Waals surface area contributed by atoms with Gasteiger partial charge in [0.15, 0.2) is 0 Å². The average molecular weight is 481 g/mol. The van der Waals surface area contributed by atoms with Gasteiger partial charge in [-0.25, -0.2) is 9.18 Å². The van der Waals surface area contributed by atoms with Crippen molar-refractivity contribution < 1.29 is 14.0 Å². The Hall–Kier alpha value is -3.49.